The maximum Gasteiger partial charge on any atom is 0.419 e. The Morgan fingerprint density at radius 1 is 1.17 bits per heavy atom. The summed E-state index contributed by atoms with van der Waals surface area (Å²) in [6.07, 6.45) is 3.15. The number of anilines is 1. The molecule has 0 N–H and O–H groups in total. The van der Waals surface area contributed by atoms with Gasteiger partial charge in [0.1, 0.15) is 17.6 Å². The molecule has 1 aliphatic heterocycles. The average molecular weight is 513 g/mol. The fourth-order valence-electron chi connectivity index (χ4n) is 4.52. The normalized spacial score (nSPS) is 17.6. The molecule has 190 valence electrons. The van der Waals surface area contributed by atoms with Crippen LogP contribution < -0.4 is 9.64 Å². The number of halogens is 4. The lowest BCUT2D eigenvalue weighted by Gasteiger charge is -2.36. The van der Waals surface area contributed by atoms with E-state index in [1.807, 2.05) is 0 Å². The first kappa shape index (κ1) is 26.6. The van der Waals surface area contributed by atoms with Gasteiger partial charge in [0.25, 0.3) is 11.8 Å². The number of carbonyl (C=O) groups is 2. The highest BCUT2D eigenvalue weighted by Crippen LogP contribution is 2.37. The maximum atomic E-state index is 13.6. The Labute approximate surface area is 207 Å². The number of aromatic nitrogens is 2. The number of para-hydroxylation sites is 1. The number of alkyl halides is 3. The van der Waals surface area contributed by atoms with Gasteiger partial charge in [0.2, 0.25) is 0 Å². The largest absolute Gasteiger partial charge is 0.459 e. The molecule has 1 fully saturated rings. The number of nitrogens with zero attached hydrogens (tertiary/aromatic N) is 4. The van der Waals surface area contributed by atoms with Crippen LogP contribution in [0.5, 0.6) is 5.75 Å². The van der Waals surface area contributed by atoms with E-state index in [0.29, 0.717) is 5.82 Å². The fraction of sp³-hybridized carbons (Fsp3) is 0.458. The van der Waals surface area contributed by atoms with Crippen LogP contribution in [0, 0.1) is 0 Å². The highest BCUT2D eigenvalue weighted by molar-refractivity contribution is 6.01. The number of hydrogen-bond acceptors (Lipinski definition) is 4. The van der Waals surface area contributed by atoms with Crippen LogP contribution in [0.2, 0.25) is 0 Å². The van der Waals surface area contributed by atoms with Gasteiger partial charge in [-0.3, -0.25) is 19.2 Å². The van der Waals surface area contributed by atoms with E-state index in [9.17, 15) is 22.8 Å². The molecule has 2 amide bonds. The zero-order valence-electron chi connectivity index (χ0n) is 19.5. The van der Waals surface area contributed by atoms with Crippen molar-refractivity contribution >= 4 is 30.0 Å². The minimum Gasteiger partial charge on any atom is -0.459 e. The Bertz CT molecular complexity index is 1100. The molecule has 1 aromatic heterocycles. The smallest absolute Gasteiger partial charge is 0.419 e. The van der Waals surface area contributed by atoms with Crippen LogP contribution in [0.15, 0.2) is 48.4 Å². The van der Waals surface area contributed by atoms with Gasteiger partial charge >= 0.3 is 6.18 Å². The lowest BCUT2D eigenvalue weighted by molar-refractivity contribution is -0.138. The topological polar surface area (TPSA) is 67.7 Å². The second kappa shape index (κ2) is 10.7. The van der Waals surface area contributed by atoms with Crippen molar-refractivity contribution in [2.75, 3.05) is 11.4 Å². The van der Waals surface area contributed by atoms with Gasteiger partial charge in [0.15, 0.2) is 5.82 Å². The highest BCUT2D eigenvalue weighted by Gasteiger charge is 2.39. The van der Waals surface area contributed by atoms with E-state index in [1.54, 1.807) is 35.8 Å². The summed E-state index contributed by atoms with van der Waals surface area (Å²) in [5.74, 6) is -0.550. The quantitative estimate of drug-likeness (QED) is 0.561. The summed E-state index contributed by atoms with van der Waals surface area (Å²) in [5.41, 5.74) is -0.926. The van der Waals surface area contributed by atoms with Crippen LogP contribution in [0.3, 0.4) is 0 Å². The molecule has 0 saturated heterocycles. The molecule has 0 radical (unpaired) electrons. The second-order valence-electron chi connectivity index (χ2n) is 8.70. The van der Waals surface area contributed by atoms with E-state index in [-0.39, 0.29) is 42.4 Å². The molecule has 2 aliphatic rings. The van der Waals surface area contributed by atoms with Crippen LogP contribution in [-0.2, 0) is 22.8 Å². The fourth-order valence-corrected chi connectivity index (χ4v) is 4.52. The molecule has 11 heteroatoms. The van der Waals surface area contributed by atoms with Crippen LogP contribution >= 0.6 is 12.4 Å². The predicted molar refractivity (Wildman–Crippen MR) is 126 cm³/mol. The van der Waals surface area contributed by atoms with Crippen molar-refractivity contribution in [3.63, 3.8) is 0 Å². The predicted octanol–water partition coefficient (Wildman–Crippen LogP) is 4.72. The average Bonchev–Trinajstić information content (AvgIpc) is 3.38. The molecular weight excluding hydrogens is 485 g/mol. The molecule has 0 spiro atoms. The number of ether oxygens (including phenoxy) is 1. The van der Waals surface area contributed by atoms with Gasteiger partial charge in [-0.05, 0) is 31.9 Å². The zero-order chi connectivity index (χ0) is 24.5. The molecule has 4 rings (SSSR count). The van der Waals surface area contributed by atoms with Gasteiger partial charge in [-0.2, -0.15) is 18.3 Å². The summed E-state index contributed by atoms with van der Waals surface area (Å²) in [4.78, 5) is 29.3. The minimum atomic E-state index is -4.59. The van der Waals surface area contributed by atoms with Crippen LogP contribution in [0.25, 0.3) is 0 Å². The molecule has 1 saturated carbocycles. The summed E-state index contributed by atoms with van der Waals surface area (Å²) >= 11 is 0. The van der Waals surface area contributed by atoms with E-state index >= 15 is 0 Å². The van der Waals surface area contributed by atoms with Crippen LogP contribution in [0.1, 0.15) is 44.6 Å². The van der Waals surface area contributed by atoms with Crippen LogP contribution in [-0.4, -0.2) is 45.1 Å². The Morgan fingerprint density at radius 3 is 2.49 bits per heavy atom. The number of benzene rings is 1. The summed E-state index contributed by atoms with van der Waals surface area (Å²) in [6, 6.07) is 5.74. The van der Waals surface area contributed by atoms with Crippen LogP contribution in [0.4, 0.5) is 19.0 Å². The number of aryl methyl sites for hydroxylation is 1. The molecule has 7 nitrogen and oxygen atoms in total. The standard InChI is InChI=1S/C24H27F3N4O3.ClH/c1-16(23(33)31(17-8-4-3-5-9-17)21-12-13-29(2)28-21)30-15-18(14-22(30)32)34-20-11-7-6-10-19(20)24(25,26)27;/h6-7,10-14,16-17H,3-5,8-9,15H2,1-2H3;1H. The van der Waals surface area contributed by atoms with E-state index in [4.69, 9.17) is 4.74 Å². The van der Waals surface area contributed by atoms with E-state index in [2.05, 4.69) is 5.10 Å². The monoisotopic (exact) mass is 512 g/mol. The highest BCUT2D eigenvalue weighted by atomic mass is 35.5. The van der Waals surface area contributed by atoms with Gasteiger partial charge in [-0.1, -0.05) is 31.4 Å². The van der Waals surface area contributed by atoms with Gasteiger partial charge in [0.05, 0.1) is 12.1 Å². The lowest BCUT2D eigenvalue weighted by Crippen LogP contribution is -2.52. The minimum absolute atomic E-state index is 0. The van der Waals surface area contributed by atoms with Crippen molar-refractivity contribution in [1.29, 1.82) is 0 Å². The van der Waals surface area contributed by atoms with Gasteiger partial charge in [-0.15, -0.1) is 12.4 Å². The molecule has 1 aromatic carbocycles. The number of amides is 2. The summed E-state index contributed by atoms with van der Waals surface area (Å²) in [5, 5.41) is 4.41. The Balaban J connectivity index is 0.00000342. The van der Waals surface area contributed by atoms with E-state index in [1.165, 1.54) is 23.1 Å². The summed E-state index contributed by atoms with van der Waals surface area (Å²) < 4.78 is 47.0. The summed E-state index contributed by atoms with van der Waals surface area (Å²) in [6.45, 7) is 1.53. The van der Waals surface area contributed by atoms with E-state index in [0.717, 1.165) is 44.2 Å². The first-order valence-electron chi connectivity index (χ1n) is 11.3. The number of rotatable bonds is 6. The Hall–Kier alpha value is -3.01. The SMILES string of the molecule is CC(C(=O)N(c1ccn(C)n1)C1CCCCC1)N1CC(Oc2ccccc2C(F)(F)F)=CC1=O.Cl. The third-order valence-electron chi connectivity index (χ3n) is 6.28. The maximum absolute atomic E-state index is 13.6. The third-order valence-corrected chi connectivity index (χ3v) is 6.28. The van der Waals surface area contributed by atoms with Crippen molar-refractivity contribution < 1.29 is 27.5 Å². The van der Waals surface area contributed by atoms with Crippen molar-refractivity contribution in [2.45, 2.75) is 57.3 Å². The molecular formula is C24H28ClF3N4O3. The van der Waals surface area contributed by atoms with Gasteiger partial charge in [0, 0.05) is 31.4 Å². The molecule has 2 aromatic rings. The van der Waals surface area contributed by atoms with Crippen molar-refractivity contribution in [2.24, 2.45) is 7.05 Å². The first-order chi connectivity index (χ1) is 16.1. The first-order valence-corrected chi connectivity index (χ1v) is 11.3. The molecule has 1 atom stereocenters. The summed E-state index contributed by atoms with van der Waals surface area (Å²) in [7, 11) is 1.77. The van der Waals surface area contributed by atoms with E-state index < -0.39 is 23.7 Å². The second-order valence-corrected chi connectivity index (χ2v) is 8.70. The number of carbonyl (C=O) groups excluding carboxylic acids is 2. The lowest BCUT2D eigenvalue weighted by atomic mass is 9.93. The van der Waals surface area contributed by atoms with Gasteiger partial charge in [-0.25, -0.2) is 0 Å². The van der Waals surface area contributed by atoms with Crippen molar-refractivity contribution in [1.82, 2.24) is 14.7 Å². The third kappa shape index (κ3) is 5.80. The number of hydrogen-bond donors (Lipinski definition) is 0. The molecule has 0 bridgehead atoms. The molecule has 2 heterocycles. The zero-order valence-corrected chi connectivity index (χ0v) is 20.3. The molecule has 1 aliphatic carbocycles. The molecule has 1 unspecified atom stereocenters. The Morgan fingerprint density at radius 2 is 1.86 bits per heavy atom. The Kier molecular flexibility index (Phi) is 8.15. The molecule has 35 heavy (non-hydrogen) atoms. The van der Waals surface area contributed by atoms with Gasteiger partial charge < -0.3 is 9.64 Å². The van der Waals surface area contributed by atoms with Crippen molar-refractivity contribution in [3.05, 3.63) is 53.9 Å². The van der Waals surface area contributed by atoms with Crippen molar-refractivity contribution in [3.8, 4) is 5.75 Å².